The van der Waals surface area contributed by atoms with Crippen molar-refractivity contribution in [1.29, 1.82) is 0 Å². The fourth-order valence-electron chi connectivity index (χ4n) is 3.22. The number of carbonyl (C=O) groups is 1. The van der Waals surface area contributed by atoms with Crippen LogP contribution in [0.25, 0.3) is 0 Å². The maximum Gasteiger partial charge on any atom is 0.410 e. The highest BCUT2D eigenvalue weighted by Crippen LogP contribution is 2.30. The lowest BCUT2D eigenvalue weighted by Crippen LogP contribution is -2.56. The lowest BCUT2D eigenvalue weighted by atomic mass is 9.84. The van der Waals surface area contributed by atoms with Gasteiger partial charge in [0.25, 0.3) is 0 Å². The minimum atomic E-state index is -0.395. The van der Waals surface area contributed by atoms with Gasteiger partial charge in [-0.15, -0.1) is 0 Å². The average Bonchev–Trinajstić information content (AvgIpc) is 2.25. The Hall–Kier alpha value is -0.770. The minimum Gasteiger partial charge on any atom is -0.444 e. The highest BCUT2D eigenvalue weighted by atomic mass is 16.6. The summed E-state index contributed by atoms with van der Waals surface area (Å²) in [6.45, 7) is 14.2. The van der Waals surface area contributed by atoms with Crippen molar-refractivity contribution in [3.05, 3.63) is 0 Å². The van der Waals surface area contributed by atoms with Crippen LogP contribution in [0.15, 0.2) is 0 Å². The number of carbonyl (C=O) groups excluding carboxylic acids is 1. The Morgan fingerprint density at radius 3 is 2.05 bits per heavy atom. The Labute approximate surface area is 117 Å². The third-order valence-corrected chi connectivity index (χ3v) is 3.99. The Kier molecular flexibility index (Phi) is 4.09. The van der Waals surface area contributed by atoms with E-state index in [4.69, 9.17) is 4.74 Å². The molecule has 0 spiro atoms. The van der Waals surface area contributed by atoms with Gasteiger partial charge >= 0.3 is 6.09 Å². The molecule has 0 aromatic heterocycles. The van der Waals surface area contributed by atoms with Crippen molar-refractivity contribution in [1.82, 2.24) is 9.80 Å². The van der Waals surface area contributed by atoms with E-state index >= 15 is 0 Å². The maximum absolute atomic E-state index is 12.2. The summed E-state index contributed by atoms with van der Waals surface area (Å²) >= 11 is 0. The first kappa shape index (κ1) is 14.6. The number of ether oxygens (including phenoxy) is 1. The van der Waals surface area contributed by atoms with E-state index in [0.29, 0.717) is 17.9 Å². The molecule has 2 fully saturated rings. The van der Waals surface area contributed by atoms with Gasteiger partial charge in [-0.1, -0.05) is 0 Å². The molecule has 2 atom stereocenters. The number of amides is 1. The molecule has 2 bridgehead atoms. The summed E-state index contributed by atoms with van der Waals surface area (Å²) in [5.74, 6) is 1.23. The van der Waals surface area contributed by atoms with Gasteiger partial charge in [-0.2, -0.15) is 0 Å². The van der Waals surface area contributed by atoms with Gasteiger partial charge in [-0.05, 0) is 52.9 Å². The summed E-state index contributed by atoms with van der Waals surface area (Å²) in [6.07, 6.45) is 1.13. The number of piperidine rings is 2. The smallest absolute Gasteiger partial charge is 0.410 e. The summed E-state index contributed by atoms with van der Waals surface area (Å²) < 4.78 is 5.49. The van der Waals surface area contributed by atoms with Gasteiger partial charge in [0.15, 0.2) is 0 Å². The molecule has 0 aliphatic carbocycles. The quantitative estimate of drug-likeness (QED) is 0.733. The molecule has 2 aliphatic rings. The molecule has 4 nitrogen and oxygen atoms in total. The van der Waals surface area contributed by atoms with Crippen molar-refractivity contribution < 1.29 is 9.53 Å². The van der Waals surface area contributed by atoms with Crippen molar-refractivity contribution in [2.45, 2.75) is 52.7 Å². The van der Waals surface area contributed by atoms with Gasteiger partial charge < -0.3 is 14.5 Å². The highest BCUT2D eigenvalue weighted by molar-refractivity contribution is 5.68. The largest absolute Gasteiger partial charge is 0.444 e. The summed E-state index contributed by atoms with van der Waals surface area (Å²) in [5, 5.41) is 0. The molecular formula is C15H28N2O2. The molecule has 2 aliphatic heterocycles. The summed E-state index contributed by atoms with van der Waals surface area (Å²) in [4.78, 5) is 16.6. The summed E-state index contributed by atoms with van der Waals surface area (Å²) in [6, 6.07) is 0.610. The van der Waals surface area contributed by atoms with Crippen LogP contribution in [0.2, 0.25) is 0 Å². The van der Waals surface area contributed by atoms with Crippen molar-refractivity contribution >= 4 is 6.09 Å². The van der Waals surface area contributed by atoms with E-state index in [2.05, 4.69) is 18.7 Å². The van der Waals surface area contributed by atoms with E-state index < -0.39 is 5.60 Å². The zero-order valence-electron chi connectivity index (χ0n) is 13.0. The fourth-order valence-corrected chi connectivity index (χ4v) is 3.22. The number of hydrogen-bond acceptors (Lipinski definition) is 3. The molecule has 110 valence electrons. The fraction of sp³-hybridized carbons (Fsp3) is 0.933. The second-order valence-electron chi connectivity index (χ2n) is 7.40. The van der Waals surface area contributed by atoms with Crippen molar-refractivity contribution in [3.8, 4) is 0 Å². The van der Waals surface area contributed by atoms with Crippen LogP contribution in [0.5, 0.6) is 0 Å². The van der Waals surface area contributed by atoms with Gasteiger partial charge in [0.1, 0.15) is 5.60 Å². The minimum absolute atomic E-state index is 0.139. The summed E-state index contributed by atoms with van der Waals surface area (Å²) in [5.41, 5.74) is -0.395. The van der Waals surface area contributed by atoms with Crippen molar-refractivity contribution in [2.24, 2.45) is 11.8 Å². The molecule has 0 N–H and O–H groups in total. The zero-order chi connectivity index (χ0) is 14.2. The van der Waals surface area contributed by atoms with Crippen LogP contribution in [-0.4, -0.2) is 53.7 Å². The molecule has 2 heterocycles. The molecule has 0 unspecified atom stereocenters. The van der Waals surface area contributed by atoms with E-state index in [0.717, 1.165) is 26.2 Å². The van der Waals surface area contributed by atoms with E-state index in [-0.39, 0.29) is 6.09 Å². The standard InChI is InChI=1S/C15H28N2O2/c1-11(2)16-7-12-6-13(8-16)10-17(9-12)14(18)19-15(3,4)5/h11-13H,6-10H2,1-5H3/t12-,13+. The third kappa shape index (κ3) is 3.85. The monoisotopic (exact) mass is 268 g/mol. The SMILES string of the molecule is CC(C)N1C[C@@H]2C[C@@H](CN(C(=O)OC(C)(C)C)C2)C1. The van der Waals surface area contributed by atoms with Gasteiger partial charge in [0.2, 0.25) is 0 Å². The molecule has 1 amide bonds. The van der Waals surface area contributed by atoms with Crippen LogP contribution in [0.1, 0.15) is 41.0 Å². The number of hydrogen-bond donors (Lipinski definition) is 0. The number of fused-ring (bicyclic) bond motifs is 2. The third-order valence-electron chi connectivity index (χ3n) is 3.99. The molecule has 0 saturated carbocycles. The molecule has 19 heavy (non-hydrogen) atoms. The molecular weight excluding hydrogens is 240 g/mol. The normalized spacial score (nSPS) is 28.6. The lowest BCUT2D eigenvalue weighted by Gasteiger charge is -2.47. The van der Waals surface area contributed by atoms with Gasteiger partial charge in [0.05, 0.1) is 0 Å². The lowest BCUT2D eigenvalue weighted by molar-refractivity contribution is -0.0143. The first-order valence-electron chi connectivity index (χ1n) is 7.46. The molecule has 2 rings (SSSR count). The van der Waals surface area contributed by atoms with Crippen LogP contribution < -0.4 is 0 Å². The van der Waals surface area contributed by atoms with Crippen molar-refractivity contribution in [3.63, 3.8) is 0 Å². The first-order chi connectivity index (χ1) is 8.74. The molecule has 0 aromatic carbocycles. The maximum atomic E-state index is 12.2. The number of likely N-dealkylation sites (tertiary alicyclic amines) is 2. The van der Waals surface area contributed by atoms with Crippen LogP contribution in [0, 0.1) is 11.8 Å². The van der Waals surface area contributed by atoms with E-state index in [1.54, 1.807) is 0 Å². The predicted octanol–water partition coefficient (Wildman–Crippen LogP) is 2.58. The Morgan fingerprint density at radius 2 is 1.63 bits per heavy atom. The topological polar surface area (TPSA) is 32.8 Å². The second kappa shape index (κ2) is 5.31. The number of rotatable bonds is 1. The van der Waals surface area contributed by atoms with Crippen LogP contribution in [0.4, 0.5) is 4.79 Å². The van der Waals surface area contributed by atoms with Crippen LogP contribution in [-0.2, 0) is 4.74 Å². The molecule has 2 saturated heterocycles. The first-order valence-corrected chi connectivity index (χ1v) is 7.46. The second-order valence-corrected chi connectivity index (χ2v) is 7.40. The predicted molar refractivity (Wildman–Crippen MR) is 76.1 cm³/mol. The summed E-state index contributed by atoms with van der Waals surface area (Å²) in [7, 11) is 0. The van der Waals surface area contributed by atoms with E-state index in [1.807, 2.05) is 25.7 Å². The van der Waals surface area contributed by atoms with Crippen LogP contribution >= 0.6 is 0 Å². The Morgan fingerprint density at radius 1 is 1.11 bits per heavy atom. The van der Waals surface area contributed by atoms with E-state index in [1.165, 1.54) is 6.42 Å². The average molecular weight is 268 g/mol. The molecule has 4 heteroatoms. The zero-order valence-corrected chi connectivity index (χ0v) is 13.0. The van der Waals surface area contributed by atoms with Gasteiger partial charge in [-0.3, -0.25) is 0 Å². The van der Waals surface area contributed by atoms with Crippen molar-refractivity contribution in [2.75, 3.05) is 26.2 Å². The Balaban J connectivity index is 1.94. The number of nitrogens with zero attached hydrogens (tertiary/aromatic N) is 2. The Bertz CT molecular complexity index is 322. The van der Waals surface area contributed by atoms with Crippen LogP contribution in [0.3, 0.4) is 0 Å². The molecule has 0 aromatic rings. The van der Waals surface area contributed by atoms with Gasteiger partial charge in [-0.25, -0.2) is 4.79 Å². The van der Waals surface area contributed by atoms with Gasteiger partial charge in [0, 0.05) is 32.2 Å². The molecule has 0 radical (unpaired) electrons. The van der Waals surface area contributed by atoms with E-state index in [9.17, 15) is 4.79 Å². The highest BCUT2D eigenvalue weighted by Gasteiger charge is 2.37.